The number of hydrogen-bond donors (Lipinski definition) is 1. The molecule has 0 aliphatic heterocycles. The van der Waals surface area contributed by atoms with Gasteiger partial charge in [0.2, 0.25) is 0 Å². The summed E-state index contributed by atoms with van der Waals surface area (Å²) < 4.78 is 0. The molecule has 0 spiro atoms. The SMILES string of the molecule is CC(C)Nc1cnc(C(C)(C)C)cn1. The Morgan fingerprint density at radius 3 is 2.14 bits per heavy atom. The van der Waals surface area contributed by atoms with Gasteiger partial charge in [-0.1, -0.05) is 20.8 Å². The highest BCUT2D eigenvalue weighted by molar-refractivity contribution is 5.32. The van der Waals surface area contributed by atoms with Crippen LogP contribution in [0.1, 0.15) is 40.3 Å². The van der Waals surface area contributed by atoms with E-state index in [-0.39, 0.29) is 5.41 Å². The van der Waals surface area contributed by atoms with E-state index in [9.17, 15) is 0 Å². The lowest BCUT2D eigenvalue weighted by Gasteiger charge is -2.17. The molecule has 0 aromatic carbocycles. The van der Waals surface area contributed by atoms with Crippen molar-refractivity contribution in [3.63, 3.8) is 0 Å². The van der Waals surface area contributed by atoms with E-state index in [1.807, 2.05) is 6.20 Å². The third kappa shape index (κ3) is 2.98. The average molecular weight is 193 g/mol. The first-order chi connectivity index (χ1) is 6.39. The fourth-order valence-corrected chi connectivity index (χ4v) is 1.09. The van der Waals surface area contributed by atoms with E-state index in [0.717, 1.165) is 11.5 Å². The van der Waals surface area contributed by atoms with E-state index < -0.39 is 0 Å². The predicted octanol–water partition coefficient (Wildman–Crippen LogP) is 2.59. The van der Waals surface area contributed by atoms with Gasteiger partial charge in [-0.3, -0.25) is 4.98 Å². The van der Waals surface area contributed by atoms with E-state index in [2.05, 4.69) is 49.9 Å². The van der Waals surface area contributed by atoms with Gasteiger partial charge in [-0.2, -0.15) is 0 Å². The Morgan fingerprint density at radius 2 is 1.79 bits per heavy atom. The van der Waals surface area contributed by atoms with E-state index in [0.29, 0.717) is 6.04 Å². The maximum absolute atomic E-state index is 4.38. The zero-order chi connectivity index (χ0) is 10.8. The second kappa shape index (κ2) is 3.95. The van der Waals surface area contributed by atoms with Crippen molar-refractivity contribution >= 4 is 5.82 Å². The van der Waals surface area contributed by atoms with Crippen LogP contribution >= 0.6 is 0 Å². The monoisotopic (exact) mass is 193 g/mol. The quantitative estimate of drug-likeness (QED) is 0.784. The van der Waals surface area contributed by atoms with Crippen LogP contribution in [-0.4, -0.2) is 16.0 Å². The summed E-state index contributed by atoms with van der Waals surface area (Å²) in [5.74, 6) is 0.841. The molecule has 0 bridgehead atoms. The molecule has 1 N–H and O–H groups in total. The highest BCUT2D eigenvalue weighted by Gasteiger charge is 2.15. The lowest BCUT2D eigenvalue weighted by Crippen LogP contribution is -2.16. The molecule has 0 atom stereocenters. The van der Waals surface area contributed by atoms with Crippen LogP contribution in [0.25, 0.3) is 0 Å². The second-order valence-electron chi connectivity index (χ2n) is 4.84. The van der Waals surface area contributed by atoms with Crippen molar-refractivity contribution in [2.24, 2.45) is 0 Å². The van der Waals surface area contributed by atoms with Gasteiger partial charge in [0.15, 0.2) is 0 Å². The second-order valence-corrected chi connectivity index (χ2v) is 4.84. The molecule has 0 radical (unpaired) electrons. The van der Waals surface area contributed by atoms with Crippen LogP contribution in [0.4, 0.5) is 5.82 Å². The van der Waals surface area contributed by atoms with Gasteiger partial charge < -0.3 is 5.32 Å². The topological polar surface area (TPSA) is 37.8 Å². The number of hydrogen-bond acceptors (Lipinski definition) is 3. The van der Waals surface area contributed by atoms with Crippen molar-refractivity contribution in [2.75, 3.05) is 5.32 Å². The van der Waals surface area contributed by atoms with Crippen molar-refractivity contribution < 1.29 is 0 Å². The fraction of sp³-hybridized carbons (Fsp3) is 0.636. The average Bonchev–Trinajstić information content (AvgIpc) is 2.02. The summed E-state index contributed by atoms with van der Waals surface area (Å²) in [7, 11) is 0. The van der Waals surface area contributed by atoms with Gasteiger partial charge >= 0.3 is 0 Å². The Balaban J connectivity index is 2.79. The highest BCUT2D eigenvalue weighted by atomic mass is 15.0. The molecule has 78 valence electrons. The Morgan fingerprint density at radius 1 is 1.14 bits per heavy atom. The summed E-state index contributed by atoms with van der Waals surface area (Å²) in [6.45, 7) is 10.6. The van der Waals surface area contributed by atoms with Crippen LogP contribution in [0, 0.1) is 0 Å². The zero-order valence-corrected chi connectivity index (χ0v) is 9.63. The summed E-state index contributed by atoms with van der Waals surface area (Å²) in [5, 5.41) is 3.21. The molecular formula is C11H19N3. The zero-order valence-electron chi connectivity index (χ0n) is 9.63. The molecule has 3 heteroatoms. The molecule has 14 heavy (non-hydrogen) atoms. The summed E-state index contributed by atoms with van der Waals surface area (Å²) in [6.07, 6.45) is 3.63. The third-order valence-corrected chi connectivity index (χ3v) is 1.86. The lowest BCUT2D eigenvalue weighted by molar-refractivity contribution is 0.565. The molecule has 0 unspecified atom stereocenters. The van der Waals surface area contributed by atoms with E-state index >= 15 is 0 Å². The van der Waals surface area contributed by atoms with E-state index in [1.54, 1.807) is 6.20 Å². The minimum absolute atomic E-state index is 0.0728. The number of nitrogens with zero attached hydrogens (tertiary/aromatic N) is 2. The van der Waals surface area contributed by atoms with Crippen LogP contribution in [0.5, 0.6) is 0 Å². The third-order valence-electron chi connectivity index (χ3n) is 1.86. The fourth-order valence-electron chi connectivity index (χ4n) is 1.09. The molecule has 0 saturated carbocycles. The Kier molecular flexibility index (Phi) is 3.09. The van der Waals surface area contributed by atoms with Gasteiger partial charge in [0.05, 0.1) is 18.1 Å². The van der Waals surface area contributed by atoms with Gasteiger partial charge in [0, 0.05) is 11.5 Å². The number of aromatic nitrogens is 2. The summed E-state index contributed by atoms with van der Waals surface area (Å²) in [6, 6.07) is 0.393. The highest BCUT2D eigenvalue weighted by Crippen LogP contribution is 2.19. The Labute approximate surface area is 86.0 Å². The molecule has 1 aromatic heterocycles. The molecule has 0 saturated heterocycles. The largest absolute Gasteiger partial charge is 0.367 e. The molecule has 1 aromatic rings. The van der Waals surface area contributed by atoms with Gasteiger partial charge in [0.1, 0.15) is 5.82 Å². The van der Waals surface area contributed by atoms with Crippen LogP contribution in [0.3, 0.4) is 0 Å². The van der Waals surface area contributed by atoms with Crippen LogP contribution in [-0.2, 0) is 5.41 Å². The van der Waals surface area contributed by atoms with Gasteiger partial charge in [-0.15, -0.1) is 0 Å². The molecule has 0 aliphatic rings. The van der Waals surface area contributed by atoms with Crippen molar-refractivity contribution in [1.29, 1.82) is 0 Å². The van der Waals surface area contributed by atoms with Crippen molar-refractivity contribution in [3.8, 4) is 0 Å². The summed E-state index contributed by atoms with van der Waals surface area (Å²) >= 11 is 0. The molecular weight excluding hydrogens is 174 g/mol. The van der Waals surface area contributed by atoms with Crippen molar-refractivity contribution in [2.45, 2.75) is 46.1 Å². The van der Waals surface area contributed by atoms with Gasteiger partial charge in [0.25, 0.3) is 0 Å². The Bertz CT molecular complexity index is 282. The van der Waals surface area contributed by atoms with E-state index in [1.165, 1.54) is 0 Å². The maximum Gasteiger partial charge on any atom is 0.144 e. The molecule has 3 nitrogen and oxygen atoms in total. The Hall–Kier alpha value is -1.12. The first-order valence-corrected chi connectivity index (χ1v) is 4.98. The first-order valence-electron chi connectivity index (χ1n) is 4.98. The maximum atomic E-state index is 4.38. The van der Waals surface area contributed by atoms with Crippen LogP contribution in [0.15, 0.2) is 12.4 Å². The minimum atomic E-state index is 0.0728. The molecule has 0 fully saturated rings. The predicted molar refractivity (Wildman–Crippen MR) is 59.5 cm³/mol. The minimum Gasteiger partial charge on any atom is -0.367 e. The number of nitrogens with one attached hydrogen (secondary N) is 1. The molecule has 0 amide bonds. The smallest absolute Gasteiger partial charge is 0.144 e. The van der Waals surface area contributed by atoms with Crippen LogP contribution < -0.4 is 5.32 Å². The standard InChI is InChI=1S/C11H19N3/c1-8(2)14-10-7-12-9(6-13-10)11(3,4)5/h6-8H,1-5H3,(H,13,14). The van der Waals surface area contributed by atoms with Gasteiger partial charge in [-0.25, -0.2) is 4.98 Å². The lowest BCUT2D eigenvalue weighted by atomic mass is 9.93. The summed E-state index contributed by atoms with van der Waals surface area (Å²) in [5.41, 5.74) is 1.09. The van der Waals surface area contributed by atoms with Crippen LogP contribution in [0.2, 0.25) is 0 Å². The molecule has 0 aliphatic carbocycles. The number of rotatable bonds is 2. The molecule has 1 heterocycles. The normalized spacial score (nSPS) is 11.9. The van der Waals surface area contributed by atoms with E-state index in [4.69, 9.17) is 0 Å². The summed E-state index contributed by atoms with van der Waals surface area (Å²) in [4.78, 5) is 8.69. The first kappa shape index (κ1) is 11.0. The number of anilines is 1. The van der Waals surface area contributed by atoms with Gasteiger partial charge in [-0.05, 0) is 13.8 Å². The molecule has 1 rings (SSSR count). The van der Waals surface area contributed by atoms with Crippen molar-refractivity contribution in [3.05, 3.63) is 18.1 Å². The van der Waals surface area contributed by atoms with Crippen molar-refractivity contribution in [1.82, 2.24) is 9.97 Å².